The van der Waals surface area contributed by atoms with Gasteiger partial charge < -0.3 is 44.7 Å². The van der Waals surface area contributed by atoms with Gasteiger partial charge in [-0.1, -0.05) is 30.3 Å². The minimum Gasteiger partial charge on any atom is -0.467 e. The van der Waals surface area contributed by atoms with E-state index in [0.717, 1.165) is 12.7 Å². The van der Waals surface area contributed by atoms with Crippen LogP contribution in [0, 0.1) is 0 Å². The maximum absolute atomic E-state index is 12.1. The van der Waals surface area contributed by atoms with Crippen molar-refractivity contribution < 1.29 is 49.0 Å². The van der Waals surface area contributed by atoms with Gasteiger partial charge in [0.05, 0.1) is 19.8 Å². The summed E-state index contributed by atoms with van der Waals surface area (Å²) in [6.07, 6.45) is -9.52. The van der Waals surface area contributed by atoms with E-state index in [1.165, 1.54) is 6.92 Å². The summed E-state index contributed by atoms with van der Waals surface area (Å²) in [6, 6.07) is 7.57. The van der Waals surface area contributed by atoms with Crippen molar-refractivity contribution >= 4 is 12.1 Å². The van der Waals surface area contributed by atoms with Gasteiger partial charge in [-0.05, 0) is 12.5 Å². The molecule has 1 heterocycles. The Hall–Kier alpha value is -2.28. The van der Waals surface area contributed by atoms with Crippen LogP contribution in [-0.4, -0.2) is 89.1 Å². The standard InChI is InChI=1S/C19H27NO10/c1-10(29-18-16(24)15(23)14(22)12(8-21)30-18)13(17(25)27-2)20-19(26)28-9-11-6-4-3-5-7-11/h3-7,10,12-16,18,21-24H,8-9H2,1-2H3,(H,20,26)/t10-,12-,13+,14-,15+,16+,18+/m1/s1. The van der Waals surface area contributed by atoms with Gasteiger partial charge in [-0.2, -0.15) is 0 Å². The number of benzene rings is 1. The van der Waals surface area contributed by atoms with Gasteiger partial charge in [0.15, 0.2) is 12.3 Å². The minimum absolute atomic E-state index is 0.0253. The van der Waals surface area contributed by atoms with E-state index in [9.17, 15) is 30.0 Å². The molecule has 0 aliphatic carbocycles. The van der Waals surface area contributed by atoms with E-state index < -0.39 is 61.5 Å². The molecule has 2 rings (SSSR count). The van der Waals surface area contributed by atoms with Gasteiger partial charge in [0.25, 0.3) is 0 Å². The molecule has 1 aromatic carbocycles. The van der Waals surface area contributed by atoms with Crippen molar-refractivity contribution in [1.82, 2.24) is 5.32 Å². The molecule has 1 amide bonds. The van der Waals surface area contributed by atoms with Crippen molar-refractivity contribution in [1.29, 1.82) is 0 Å². The number of methoxy groups -OCH3 is 1. The Balaban J connectivity index is 1.99. The molecule has 0 radical (unpaired) electrons. The van der Waals surface area contributed by atoms with Crippen LogP contribution in [-0.2, 0) is 30.3 Å². The Kier molecular flexibility index (Phi) is 8.96. The van der Waals surface area contributed by atoms with Crippen molar-refractivity contribution in [3.05, 3.63) is 35.9 Å². The molecule has 11 nitrogen and oxygen atoms in total. The first-order chi connectivity index (χ1) is 14.3. The molecular formula is C19H27NO10. The van der Waals surface area contributed by atoms with Crippen molar-refractivity contribution in [2.45, 2.75) is 56.4 Å². The molecule has 0 spiro atoms. The zero-order chi connectivity index (χ0) is 22.3. The second kappa shape index (κ2) is 11.2. The molecular weight excluding hydrogens is 402 g/mol. The van der Waals surface area contributed by atoms with Crippen LogP contribution in [0.25, 0.3) is 0 Å². The third-order valence-corrected chi connectivity index (χ3v) is 4.61. The molecule has 168 valence electrons. The summed E-state index contributed by atoms with van der Waals surface area (Å²) in [6.45, 7) is 0.743. The molecule has 1 fully saturated rings. The molecule has 30 heavy (non-hydrogen) atoms. The lowest BCUT2D eigenvalue weighted by atomic mass is 9.99. The lowest BCUT2D eigenvalue weighted by Crippen LogP contribution is -2.61. The van der Waals surface area contributed by atoms with Crippen LogP contribution in [0.15, 0.2) is 30.3 Å². The number of aliphatic hydroxyl groups is 4. The molecule has 0 saturated carbocycles. The largest absolute Gasteiger partial charge is 0.467 e. The number of carbonyl (C=O) groups excluding carboxylic acids is 2. The summed E-state index contributed by atoms with van der Waals surface area (Å²) in [4.78, 5) is 24.2. The maximum atomic E-state index is 12.1. The third-order valence-electron chi connectivity index (χ3n) is 4.61. The lowest BCUT2D eigenvalue weighted by molar-refractivity contribution is -0.311. The number of carbonyl (C=O) groups is 2. The molecule has 0 aromatic heterocycles. The monoisotopic (exact) mass is 429 g/mol. The summed E-state index contributed by atoms with van der Waals surface area (Å²) < 4.78 is 20.5. The van der Waals surface area contributed by atoms with E-state index in [0.29, 0.717) is 0 Å². The Labute approximate surface area is 173 Å². The molecule has 5 N–H and O–H groups in total. The number of alkyl carbamates (subject to hydrolysis) is 1. The van der Waals surface area contributed by atoms with Gasteiger partial charge in [-0.3, -0.25) is 0 Å². The quantitative estimate of drug-likeness (QED) is 0.312. The van der Waals surface area contributed by atoms with Crippen molar-refractivity contribution in [2.75, 3.05) is 13.7 Å². The number of aliphatic hydroxyl groups excluding tert-OH is 4. The van der Waals surface area contributed by atoms with Gasteiger partial charge >= 0.3 is 12.1 Å². The first-order valence-corrected chi connectivity index (χ1v) is 9.29. The van der Waals surface area contributed by atoms with Crippen LogP contribution >= 0.6 is 0 Å². The fourth-order valence-corrected chi connectivity index (χ4v) is 2.86. The highest BCUT2D eigenvalue weighted by Gasteiger charge is 2.45. The van der Waals surface area contributed by atoms with E-state index in [-0.39, 0.29) is 6.61 Å². The summed E-state index contributed by atoms with van der Waals surface area (Å²) in [5.41, 5.74) is 0.743. The van der Waals surface area contributed by atoms with Crippen molar-refractivity contribution in [2.24, 2.45) is 0 Å². The Morgan fingerprint density at radius 3 is 2.40 bits per heavy atom. The number of hydrogen-bond acceptors (Lipinski definition) is 10. The molecule has 11 heteroatoms. The highest BCUT2D eigenvalue weighted by Crippen LogP contribution is 2.23. The van der Waals surface area contributed by atoms with E-state index >= 15 is 0 Å². The van der Waals surface area contributed by atoms with Crippen LogP contribution in [0.2, 0.25) is 0 Å². The summed E-state index contributed by atoms with van der Waals surface area (Å²) >= 11 is 0. The molecule has 0 unspecified atom stereocenters. The highest BCUT2D eigenvalue weighted by atomic mass is 16.7. The number of rotatable bonds is 8. The first-order valence-electron chi connectivity index (χ1n) is 9.29. The number of amides is 1. The molecule has 1 aliphatic heterocycles. The zero-order valence-electron chi connectivity index (χ0n) is 16.6. The van der Waals surface area contributed by atoms with Crippen LogP contribution < -0.4 is 5.32 Å². The topological polar surface area (TPSA) is 164 Å². The van der Waals surface area contributed by atoms with E-state index in [1.54, 1.807) is 24.3 Å². The predicted octanol–water partition coefficient (Wildman–Crippen LogP) is -1.34. The first kappa shape index (κ1) is 24.0. The van der Waals surface area contributed by atoms with E-state index in [2.05, 4.69) is 10.1 Å². The Bertz CT molecular complexity index is 685. The normalized spacial score (nSPS) is 28.3. The van der Waals surface area contributed by atoms with Gasteiger partial charge in [-0.25, -0.2) is 9.59 Å². The van der Waals surface area contributed by atoms with Gasteiger partial charge in [0.1, 0.15) is 31.0 Å². The number of ether oxygens (including phenoxy) is 4. The van der Waals surface area contributed by atoms with Gasteiger partial charge in [0, 0.05) is 0 Å². The number of esters is 1. The summed E-state index contributed by atoms with van der Waals surface area (Å²) in [5, 5.41) is 41.3. The molecule has 1 aromatic rings. The van der Waals surface area contributed by atoms with Crippen molar-refractivity contribution in [3.8, 4) is 0 Å². The number of nitrogens with one attached hydrogen (secondary N) is 1. The van der Waals surface area contributed by atoms with Gasteiger partial charge in [-0.15, -0.1) is 0 Å². The predicted molar refractivity (Wildman–Crippen MR) is 99.9 cm³/mol. The van der Waals surface area contributed by atoms with E-state index in [1.807, 2.05) is 6.07 Å². The summed E-state index contributed by atoms with van der Waals surface area (Å²) in [7, 11) is 1.12. The number of hydrogen-bond donors (Lipinski definition) is 5. The van der Waals surface area contributed by atoms with E-state index in [4.69, 9.17) is 14.2 Å². The molecule has 0 bridgehead atoms. The Morgan fingerprint density at radius 1 is 1.13 bits per heavy atom. The minimum atomic E-state index is -1.66. The second-order valence-electron chi connectivity index (χ2n) is 6.75. The highest BCUT2D eigenvalue weighted by molar-refractivity contribution is 5.81. The SMILES string of the molecule is COC(=O)[C@@H](NC(=O)OCc1ccccc1)[C@@H](C)O[C@H]1O[C@H](CO)[C@@H](O)[C@H](O)[C@@H]1O. The molecule has 1 aliphatic rings. The second-order valence-corrected chi connectivity index (χ2v) is 6.75. The average Bonchev–Trinajstić information content (AvgIpc) is 2.76. The fourth-order valence-electron chi connectivity index (χ4n) is 2.86. The van der Waals surface area contributed by atoms with Crippen LogP contribution in [0.5, 0.6) is 0 Å². The average molecular weight is 429 g/mol. The van der Waals surface area contributed by atoms with Crippen molar-refractivity contribution in [3.63, 3.8) is 0 Å². The molecule has 1 saturated heterocycles. The fraction of sp³-hybridized carbons (Fsp3) is 0.579. The smallest absolute Gasteiger partial charge is 0.408 e. The zero-order valence-corrected chi connectivity index (χ0v) is 16.6. The lowest BCUT2D eigenvalue weighted by Gasteiger charge is -2.41. The van der Waals surface area contributed by atoms with Crippen LogP contribution in [0.3, 0.4) is 0 Å². The van der Waals surface area contributed by atoms with Gasteiger partial charge in [0.2, 0.25) is 0 Å². The van der Waals surface area contributed by atoms with Crippen LogP contribution in [0.4, 0.5) is 4.79 Å². The molecule has 7 atom stereocenters. The third kappa shape index (κ3) is 6.11. The van der Waals surface area contributed by atoms with Crippen LogP contribution in [0.1, 0.15) is 12.5 Å². The summed E-state index contributed by atoms with van der Waals surface area (Å²) in [5.74, 6) is -0.844. The Morgan fingerprint density at radius 2 is 1.80 bits per heavy atom. The maximum Gasteiger partial charge on any atom is 0.408 e.